The van der Waals surface area contributed by atoms with E-state index in [0.717, 1.165) is 11.3 Å². The van der Waals surface area contributed by atoms with Gasteiger partial charge in [-0.25, -0.2) is 4.68 Å². The van der Waals surface area contributed by atoms with E-state index < -0.39 is 0 Å². The fourth-order valence-corrected chi connectivity index (χ4v) is 1.74. The molecule has 0 N–H and O–H groups in total. The van der Waals surface area contributed by atoms with Gasteiger partial charge < -0.3 is 4.74 Å². The first kappa shape index (κ1) is 12.8. The van der Waals surface area contributed by atoms with Gasteiger partial charge in [0.2, 0.25) is 0 Å². The van der Waals surface area contributed by atoms with E-state index in [1.165, 1.54) is 10.7 Å². The van der Waals surface area contributed by atoms with Crippen molar-refractivity contribution in [2.45, 2.75) is 13.5 Å². The summed E-state index contributed by atoms with van der Waals surface area (Å²) < 4.78 is 6.38. The normalized spacial score (nSPS) is 9.95. The van der Waals surface area contributed by atoms with Crippen molar-refractivity contribution in [3.8, 4) is 23.1 Å². The second-order valence-electron chi connectivity index (χ2n) is 3.90. The zero-order chi connectivity index (χ0) is 13.8. The van der Waals surface area contributed by atoms with Crippen LogP contribution in [0.4, 0.5) is 0 Å². The van der Waals surface area contributed by atoms with Crippen LogP contribution in [0.3, 0.4) is 0 Å². The predicted octanol–water partition coefficient (Wildman–Crippen LogP) is 1.81. The van der Waals surface area contributed by atoms with Gasteiger partial charge in [-0.05, 0) is 37.3 Å². The molecule has 96 valence electrons. The molecule has 0 aliphatic heterocycles. The van der Waals surface area contributed by atoms with Gasteiger partial charge in [-0.15, -0.1) is 0 Å². The molecule has 0 fully saturated rings. The quantitative estimate of drug-likeness (QED) is 0.838. The number of nitriles is 1. The van der Waals surface area contributed by atoms with Crippen molar-refractivity contribution in [2.24, 2.45) is 0 Å². The van der Waals surface area contributed by atoms with Crippen LogP contribution in [0.1, 0.15) is 12.5 Å². The Hall–Kier alpha value is -2.61. The van der Waals surface area contributed by atoms with Crippen LogP contribution in [-0.2, 0) is 6.54 Å². The monoisotopic (exact) mass is 255 g/mol. The summed E-state index contributed by atoms with van der Waals surface area (Å²) in [5, 5.41) is 13.2. The highest BCUT2D eigenvalue weighted by atomic mass is 16.5. The molecule has 0 saturated heterocycles. The molecule has 19 heavy (non-hydrogen) atoms. The van der Waals surface area contributed by atoms with Crippen molar-refractivity contribution in [1.29, 1.82) is 5.26 Å². The number of benzene rings is 1. The van der Waals surface area contributed by atoms with Crippen molar-refractivity contribution in [2.75, 3.05) is 7.11 Å². The van der Waals surface area contributed by atoms with Gasteiger partial charge in [0, 0.05) is 12.1 Å². The minimum Gasteiger partial charge on any atom is -0.497 e. The van der Waals surface area contributed by atoms with Gasteiger partial charge in [0.15, 0.2) is 0 Å². The van der Waals surface area contributed by atoms with Crippen molar-refractivity contribution in [3.63, 3.8) is 0 Å². The Bertz CT molecular complexity index is 681. The molecule has 0 amide bonds. The molecule has 5 heteroatoms. The van der Waals surface area contributed by atoms with Gasteiger partial charge >= 0.3 is 0 Å². The molecule has 0 bridgehead atoms. The summed E-state index contributed by atoms with van der Waals surface area (Å²) in [4.78, 5) is 11.8. The molecule has 0 spiro atoms. The average Bonchev–Trinajstić information content (AvgIpc) is 2.47. The van der Waals surface area contributed by atoms with Crippen molar-refractivity contribution < 1.29 is 4.74 Å². The van der Waals surface area contributed by atoms with Gasteiger partial charge in [-0.1, -0.05) is 0 Å². The third-order valence-corrected chi connectivity index (χ3v) is 2.78. The Morgan fingerprint density at radius 3 is 2.58 bits per heavy atom. The Balaban J connectivity index is 2.55. The molecular formula is C14H13N3O2. The second-order valence-corrected chi connectivity index (χ2v) is 3.90. The highest BCUT2D eigenvalue weighted by Gasteiger charge is 2.08. The predicted molar refractivity (Wildman–Crippen MR) is 70.9 cm³/mol. The Kier molecular flexibility index (Phi) is 3.62. The van der Waals surface area contributed by atoms with Crippen LogP contribution in [-0.4, -0.2) is 16.9 Å². The van der Waals surface area contributed by atoms with E-state index in [1.807, 2.05) is 37.3 Å². The summed E-state index contributed by atoms with van der Waals surface area (Å²) in [6.07, 6.45) is 0. The lowest BCUT2D eigenvalue weighted by Gasteiger charge is -2.06. The zero-order valence-electron chi connectivity index (χ0n) is 10.8. The lowest BCUT2D eigenvalue weighted by atomic mass is 10.1. The van der Waals surface area contributed by atoms with E-state index in [9.17, 15) is 4.79 Å². The van der Waals surface area contributed by atoms with Crippen LogP contribution in [0.25, 0.3) is 11.3 Å². The number of hydrogen-bond donors (Lipinski definition) is 0. The molecule has 0 aliphatic rings. The van der Waals surface area contributed by atoms with Crippen LogP contribution in [0.2, 0.25) is 0 Å². The van der Waals surface area contributed by atoms with E-state index in [1.54, 1.807) is 7.11 Å². The summed E-state index contributed by atoms with van der Waals surface area (Å²) in [5.74, 6) is 0.744. The molecule has 1 heterocycles. The number of hydrogen-bond acceptors (Lipinski definition) is 4. The SMILES string of the molecule is CCn1nc(-c2ccc(OC)cc2)cc(C#N)c1=O. The van der Waals surface area contributed by atoms with Gasteiger partial charge in [0.25, 0.3) is 5.56 Å². The van der Waals surface area contributed by atoms with Gasteiger partial charge in [-0.3, -0.25) is 4.79 Å². The maximum absolute atomic E-state index is 11.8. The van der Waals surface area contributed by atoms with E-state index in [0.29, 0.717) is 12.2 Å². The number of aromatic nitrogens is 2. The average molecular weight is 255 g/mol. The molecule has 1 aromatic heterocycles. The Morgan fingerprint density at radius 1 is 1.37 bits per heavy atom. The molecule has 0 saturated carbocycles. The first-order chi connectivity index (χ1) is 9.19. The smallest absolute Gasteiger partial charge is 0.284 e. The minimum absolute atomic E-state index is 0.0997. The largest absolute Gasteiger partial charge is 0.497 e. The molecule has 0 unspecified atom stereocenters. The highest BCUT2D eigenvalue weighted by Crippen LogP contribution is 2.20. The van der Waals surface area contributed by atoms with Gasteiger partial charge in [-0.2, -0.15) is 10.4 Å². The maximum atomic E-state index is 11.8. The summed E-state index contributed by atoms with van der Waals surface area (Å²) >= 11 is 0. The lowest BCUT2D eigenvalue weighted by Crippen LogP contribution is -2.24. The second kappa shape index (κ2) is 5.36. The maximum Gasteiger partial charge on any atom is 0.284 e. The van der Waals surface area contributed by atoms with Crippen molar-refractivity contribution in [1.82, 2.24) is 9.78 Å². The fourth-order valence-electron chi connectivity index (χ4n) is 1.74. The molecule has 1 aromatic carbocycles. The van der Waals surface area contributed by atoms with Gasteiger partial charge in [0.1, 0.15) is 17.4 Å². The summed E-state index contributed by atoms with van der Waals surface area (Å²) in [5.41, 5.74) is 1.17. The molecule has 0 aliphatic carbocycles. The van der Waals surface area contributed by atoms with Crippen LogP contribution in [0, 0.1) is 11.3 Å². The molecule has 2 rings (SSSR count). The van der Waals surface area contributed by atoms with Crippen LogP contribution < -0.4 is 10.3 Å². The fraction of sp³-hybridized carbons (Fsp3) is 0.214. The van der Waals surface area contributed by atoms with Crippen molar-refractivity contribution in [3.05, 3.63) is 46.2 Å². The van der Waals surface area contributed by atoms with Crippen molar-refractivity contribution >= 4 is 0 Å². The van der Waals surface area contributed by atoms with Crippen LogP contribution in [0.5, 0.6) is 5.75 Å². The number of ether oxygens (including phenoxy) is 1. The Morgan fingerprint density at radius 2 is 2.05 bits per heavy atom. The van der Waals surface area contributed by atoms with E-state index in [4.69, 9.17) is 10.00 Å². The third-order valence-electron chi connectivity index (χ3n) is 2.78. The van der Waals surface area contributed by atoms with E-state index >= 15 is 0 Å². The van der Waals surface area contributed by atoms with Gasteiger partial charge in [0.05, 0.1) is 12.8 Å². The molecule has 0 atom stereocenters. The lowest BCUT2D eigenvalue weighted by molar-refractivity contribution is 0.415. The Labute approximate surface area is 110 Å². The van der Waals surface area contributed by atoms with Crippen LogP contribution >= 0.6 is 0 Å². The third kappa shape index (κ3) is 2.47. The molecule has 0 radical (unpaired) electrons. The number of rotatable bonds is 3. The number of aryl methyl sites for hydroxylation is 1. The first-order valence-corrected chi connectivity index (χ1v) is 5.86. The summed E-state index contributed by atoms with van der Waals surface area (Å²) in [7, 11) is 1.60. The standard InChI is InChI=1S/C14H13N3O2/c1-3-17-14(18)11(9-15)8-13(16-17)10-4-6-12(19-2)7-5-10/h4-8H,3H2,1-2H3. The first-order valence-electron chi connectivity index (χ1n) is 5.86. The molecule has 2 aromatic rings. The number of nitrogens with zero attached hydrogens (tertiary/aromatic N) is 3. The number of methoxy groups -OCH3 is 1. The topological polar surface area (TPSA) is 67.9 Å². The van der Waals surface area contributed by atoms with E-state index in [-0.39, 0.29) is 11.1 Å². The molecule has 5 nitrogen and oxygen atoms in total. The summed E-state index contributed by atoms with van der Waals surface area (Å²) in [6, 6.07) is 10.7. The van der Waals surface area contributed by atoms with Crippen LogP contribution in [0.15, 0.2) is 35.1 Å². The highest BCUT2D eigenvalue weighted by molar-refractivity contribution is 5.61. The summed E-state index contributed by atoms with van der Waals surface area (Å²) in [6.45, 7) is 2.24. The minimum atomic E-state index is -0.359. The molecular weight excluding hydrogens is 242 g/mol. The zero-order valence-corrected chi connectivity index (χ0v) is 10.8. The van der Waals surface area contributed by atoms with E-state index in [2.05, 4.69) is 5.10 Å².